The minimum Gasteiger partial charge on any atom is -0.339 e. The third-order valence-corrected chi connectivity index (χ3v) is 6.80. The molecule has 168 valence electrons. The smallest absolute Gasteiger partial charge is 0.325 e. The van der Waals surface area contributed by atoms with Crippen molar-refractivity contribution in [1.82, 2.24) is 25.0 Å². The highest BCUT2D eigenvalue weighted by atomic mass is 16.2. The van der Waals surface area contributed by atoms with Crippen LogP contribution in [0.25, 0.3) is 0 Å². The monoisotopic (exact) mass is 427 g/mol. The SMILES string of the molecule is C[C@@H]1CC(C)(C)C[C@@]2(C1)NC(=O)N(CC(=O)N1CCN(Cc3ccncc3)CC1)C2=O. The van der Waals surface area contributed by atoms with Crippen LogP contribution in [0.2, 0.25) is 0 Å². The Hall–Kier alpha value is -2.48. The molecule has 2 aliphatic heterocycles. The fraction of sp³-hybridized carbons (Fsp3) is 0.652. The van der Waals surface area contributed by atoms with Crippen molar-refractivity contribution in [1.29, 1.82) is 0 Å². The number of hydrogen-bond acceptors (Lipinski definition) is 5. The van der Waals surface area contributed by atoms with E-state index in [0.29, 0.717) is 31.8 Å². The number of nitrogens with one attached hydrogen (secondary N) is 1. The summed E-state index contributed by atoms with van der Waals surface area (Å²) < 4.78 is 0. The van der Waals surface area contributed by atoms with Gasteiger partial charge in [0.05, 0.1) is 0 Å². The van der Waals surface area contributed by atoms with Crippen LogP contribution >= 0.6 is 0 Å². The molecule has 31 heavy (non-hydrogen) atoms. The van der Waals surface area contributed by atoms with Crippen LogP contribution in [0.4, 0.5) is 4.79 Å². The number of imide groups is 1. The largest absolute Gasteiger partial charge is 0.339 e. The van der Waals surface area contributed by atoms with Crippen molar-refractivity contribution < 1.29 is 14.4 Å². The van der Waals surface area contributed by atoms with Crippen LogP contribution in [0.3, 0.4) is 0 Å². The lowest BCUT2D eigenvalue weighted by molar-refractivity contribution is -0.141. The van der Waals surface area contributed by atoms with Crippen molar-refractivity contribution in [3.8, 4) is 0 Å². The molecule has 3 fully saturated rings. The first kappa shape index (κ1) is 21.7. The Bertz CT molecular complexity index is 850. The number of piperazine rings is 1. The summed E-state index contributed by atoms with van der Waals surface area (Å²) in [5, 5.41) is 2.95. The Morgan fingerprint density at radius 1 is 1.13 bits per heavy atom. The summed E-state index contributed by atoms with van der Waals surface area (Å²) >= 11 is 0. The zero-order valence-corrected chi connectivity index (χ0v) is 18.8. The van der Waals surface area contributed by atoms with E-state index in [9.17, 15) is 14.4 Å². The van der Waals surface area contributed by atoms with E-state index in [1.54, 1.807) is 17.3 Å². The first-order chi connectivity index (χ1) is 14.7. The molecule has 0 radical (unpaired) electrons. The number of aromatic nitrogens is 1. The lowest BCUT2D eigenvalue weighted by Gasteiger charge is -2.43. The van der Waals surface area contributed by atoms with Crippen LogP contribution in [0.5, 0.6) is 0 Å². The van der Waals surface area contributed by atoms with E-state index in [1.165, 1.54) is 5.56 Å². The zero-order valence-electron chi connectivity index (χ0n) is 18.8. The molecule has 1 spiro atoms. The zero-order chi connectivity index (χ0) is 22.2. The van der Waals surface area contributed by atoms with Crippen molar-refractivity contribution in [2.45, 2.75) is 52.1 Å². The van der Waals surface area contributed by atoms with Gasteiger partial charge in [0.2, 0.25) is 5.91 Å². The van der Waals surface area contributed by atoms with Crippen molar-refractivity contribution >= 4 is 17.8 Å². The third-order valence-electron chi connectivity index (χ3n) is 6.80. The van der Waals surface area contributed by atoms with Gasteiger partial charge >= 0.3 is 6.03 Å². The molecule has 1 aromatic heterocycles. The molecule has 1 aromatic rings. The molecule has 2 saturated heterocycles. The normalized spacial score (nSPS) is 28.8. The van der Waals surface area contributed by atoms with E-state index in [-0.39, 0.29) is 23.8 Å². The molecular formula is C23H33N5O3. The number of carbonyl (C=O) groups excluding carboxylic acids is 3. The molecule has 0 bridgehead atoms. The molecule has 0 aromatic carbocycles. The Morgan fingerprint density at radius 3 is 2.45 bits per heavy atom. The first-order valence-electron chi connectivity index (χ1n) is 11.2. The molecule has 1 N–H and O–H groups in total. The lowest BCUT2D eigenvalue weighted by atomic mass is 9.64. The van der Waals surface area contributed by atoms with Gasteiger partial charge in [0.1, 0.15) is 12.1 Å². The molecule has 0 unspecified atom stereocenters. The Labute approximate surface area is 184 Å². The minimum absolute atomic E-state index is 0.0221. The van der Waals surface area contributed by atoms with Crippen molar-refractivity contribution in [2.75, 3.05) is 32.7 Å². The molecule has 1 saturated carbocycles. The summed E-state index contributed by atoms with van der Waals surface area (Å²) in [5.74, 6) is -0.0499. The number of pyridine rings is 1. The second-order valence-electron chi connectivity index (χ2n) is 10.3. The lowest BCUT2D eigenvalue weighted by Crippen LogP contribution is -2.55. The maximum Gasteiger partial charge on any atom is 0.325 e. The minimum atomic E-state index is -0.859. The van der Waals surface area contributed by atoms with Gasteiger partial charge in [0.15, 0.2) is 0 Å². The summed E-state index contributed by atoms with van der Waals surface area (Å²) in [6.45, 7) is 9.80. The van der Waals surface area contributed by atoms with Crippen LogP contribution < -0.4 is 5.32 Å². The van der Waals surface area contributed by atoms with Crippen LogP contribution in [0, 0.1) is 11.3 Å². The van der Waals surface area contributed by atoms with Gasteiger partial charge in [-0.2, -0.15) is 0 Å². The fourth-order valence-electron chi connectivity index (χ4n) is 5.79. The van der Waals surface area contributed by atoms with Gasteiger partial charge in [-0.25, -0.2) is 4.79 Å². The fourth-order valence-corrected chi connectivity index (χ4v) is 5.79. The highest BCUT2D eigenvalue weighted by molar-refractivity contribution is 6.09. The molecule has 8 heteroatoms. The highest BCUT2D eigenvalue weighted by Gasteiger charge is 2.56. The quantitative estimate of drug-likeness (QED) is 0.742. The molecule has 3 aliphatic rings. The number of carbonyl (C=O) groups is 3. The molecular weight excluding hydrogens is 394 g/mol. The van der Waals surface area contributed by atoms with E-state index in [1.807, 2.05) is 12.1 Å². The van der Waals surface area contributed by atoms with E-state index in [4.69, 9.17) is 0 Å². The van der Waals surface area contributed by atoms with Crippen LogP contribution in [0.15, 0.2) is 24.5 Å². The summed E-state index contributed by atoms with van der Waals surface area (Å²) in [6, 6.07) is 3.57. The van der Waals surface area contributed by atoms with Gasteiger partial charge in [-0.15, -0.1) is 0 Å². The molecule has 3 heterocycles. The average Bonchev–Trinajstić information content (AvgIpc) is 2.91. The topological polar surface area (TPSA) is 85.8 Å². The highest BCUT2D eigenvalue weighted by Crippen LogP contribution is 2.46. The number of urea groups is 1. The van der Waals surface area contributed by atoms with Crippen LogP contribution in [-0.4, -0.2) is 75.8 Å². The first-order valence-corrected chi connectivity index (χ1v) is 11.2. The number of hydrogen-bond donors (Lipinski definition) is 1. The summed E-state index contributed by atoms with van der Waals surface area (Å²) in [4.78, 5) is 48.1. The predicted octanol–water partition coefficient (Wildman–Crippen LogP) is 1.86. The molecule has 1 aliphatic carbocycles. The van der Waals surface area contributed by atoms with E-state index in [2.05, 4.69) is 36.0 Å². The third kappa shape index (κ3) is 4.59. The van der Waals surface area contributed by atoms with E-state index >= 15 is 0 Å². The van der Waals surface area contributed by atoms with E-state index in [0.717, 1.165) is 31.0 Å². The van der Waals surface area contributed by atoms with Gasteiger partial charge in [0.25, 0.3) is 5.91 Å². The Balaban J connectivity index is 1.34. The Morgan fingerprint density at radius 2 is 1.81 bits per heavy atom. The van der Waals surface area contributed by atoms with Crippen molar-refractivity contribution in [2.24, 2.45) is 11.3 Å². The van der Waals surface area contributed by atoms with Crippen molar-refractivity contribution in [3.05, 3.63) is 30.1 Å². The second kappa shape index (κ2) is 8.22. The maximum atomic E-state index is 13.3. The van der Waals surface area contributed by atoms with Crippen molar-refractivity contribution in [3.63, 3.8) is 0 Å². The number of rotatable bonds is 4. The molecule has 8 nitrogen and oxygen atoms in total. The summed E-state index contributed by atoms with van der Waals surface area (Å²) in [5.41, 5.74) is 0.317. The number of nitrogens with zero attached hydrogens (tertiary/aromatic N) is 4. The van der Waals surface area contributed by atoms with Gasteiger partial charge in [0, 0.05) is 45.1 Å². The summed E-state index contributed by atoms with van der Waals surface area (Å²) in [7, 11) is 0. The van der Waals surface area contributed by atoms with Crippen LogP contribution in [0.1, 0.15) is 45.6 Å². The van der Waals surface area contributed by atoms with Gasteiger partial charge < -0.3 is 10.2 Å². The van der Waals surface area contributed by atoms with Gasteiger partial charge in [-0.05, 0) is 48.3 Å². The number of amides is 4. The average molecular weight is 428 g/mol. The molecule has 2 atom stereocenters. The standard InChI is InChI=1S/C23H33N5O3/c1-17-12-22(2,3)16-23(13-17)20(30)28(21(31)25-23)15-19(29)27-10-8-26(9-11-27)14-18-4-6-24-7-5-18/h4-7,17H,8-16H2,1-3H3,(H,25,31)/t17-,23-/m1/s1. The maximum absolute atomic E-state index is 13.3. The second-order valence-corrected chi connectivity index (χ2v) is 10.3. The molecule has 4 rings (SSSR count). The van der Waals surface area contributed by atoms with Crippen LogP contribution in [-0.2, 0) is 16.1 Å². The predicted molar refractivity (Wildman–Crippen MR) is 116 cm³/mol. The van der Waals surface area contributed by atoms with E-state index < -0.39 is 11.6 Å². The summed E-state index contributed by atoms with van der Waals surface area (Å²) in [6.07, 6.45) is 5.86. The van der Waals surface area contributed by atoms with Gasteiger partial charge in [-0.1, -0.05) is 20.8 Å². The Kier molecular flexibility index (Phi) is 5.77. The molecule has 4 amide bonds. The van der Waals surface area contributed by atoms with Gasteiger partial charge in [-0.3, -0.25) is 24.4 Å².